The third kappa shape index (κ3) is 4.81. The molecule has 2 rings (SSSR count). The van der Waals surface area contributed by atoms with Gasteiger partial charge in [-0.05, 0) is 47.9 Å². The maximum atomic E-state index is 11.8. The minimum Gasteiger partial charge on any atom is -0.465 e. The summed E-state index contributed by atoms with van der Waals surface area (Å²) < 4.78 is 9.77. The first kappa shape index (κ1) is 16.5. The highest BCUT2D eigenvalue weighted by Crippen LogP contribution is 2.13. The topological polar surface area (TPSA) is 52.6 Å². The summed E-state index contributed by atoms with van der Waals surface area (Å²) >= 11 is 0. The fraction of sp³-hybridized carbons (Fsp3) is 0.158. The van der Waals surface area contributed by atoms with Crippen molar-refractivity contribution in [2.24, 2.45) is 0 Å². The van der Waals surface area contributed by atoms with Crippen molar-refractivity contribution in [3.05, 3.63) is 71.3 Å². The lowest BCUT2D eigenvalue weighted by molar-refractivity contribution is -0.128. The predicted molar refractivity (Wildman–Crippen MR) is 88.3 cm³/mol. The molecule has 118 valence electrons. The molecule has 0 aliphatic rings. The molecule has 0 atom stereocenters. The average molecular weight is 310 g/mol. The number of carbonyl (C=O) groups is 2. The van der Waals surface area contributed by atoms with E-state index in [0.717, 1.165) is 12.0 Å². The number of carbonyl (C=O) groups excluding carboxylic acids is 2. The molecule has 0 unspecified atom stereocenters. The molecule has 0 amide bonds. The maximum absolute atomic E-state index is 11.8. The zero-order valence-electron chi connectivity index (χ0n) is 13.1. The second-order valence-corrected chi connectivity index (χ2v) is 4.87. The Bertz CT molecular complexity index is 697. The summed E-state index contributed by atoms with van der Waals surface area (Å²) in [5, 5.41) is 0. The van der Waals surface area contributed by atoms with E-state index in [1.54, 1.807) is 30.3 Å². The van der Waals surface area contributed by atoms with Crippen LogP contribution < -0.4 is 4.74 Å². The molecular formula is C19H18O4. The van der Waals surface area contributed by atoms with Gasteiger partial charge in [-0.15, -0.1) is 0 Å². The zero-order valence-corrected chi connectivity index (χ0v) is 13.1. The van der Waals surface area contributed by atoms with Crippen molar-refractivity contribution in [3.8, 4) is 5.75 Å². The van der Waals surface area contributed by atoms with Crippen molar-refractivity contribution in [1.29, 1.82) is 0 Å². The molecule has 23 heavy (non-hydrogen) atoms. The number of methoxy groups -OCH3 is 1. The molecule has 0 aliphatic carbocycles. The van der Waals surface area contributed by atoms with Gasteiger partial charge in [-0.25, -0.2) is 9.59 Å². The Morgan fingerprint density at radius 2 is 1.65 bits per heavy atom. The highest BCUT2D eigenvalue weighted by atomic mass is 16.5. The van der Waals surface area contributed by atoms with Crippen LogP contribution in [0.1, 0.15) is 28.4 Å². The largest absolute Gasteiger partial charge is 0.465 e. The van der Waals surface area contributed by atoms with Crippen molar-refractivity contribution in [2.45, 2.75) is 13.3 Å². The van der Waals surface area contributed by atoms with Gasteiger partial charge in [0.05, 0.1) is 12.7 Å². The van der Waals surface area contributed by atoms with E-state index in [1.165, 1.54) is 18.7 Å². The van der Waals surface area contributed by atoms with Gasteiger partial charge < -0.3 is 9.47 Å². The van der Waals surface area contributed by atoms with Gasteiger partial charge in [0, 0.05) is 6.08 Å². The van der Waals surface area contributed by atoms with Crippen LogP contribution in [-0.2, 0) is 16.0 Å². The second-order valence-electron chi connectivity index (χ2n) is 4.87. The lowest BCUT2D eigenvalue weighted by atomic mass is 10.1. The summed E-state index contributed by atoms with van der Waals surface area (Å²) in [6, 6.07) is 14.1. The quantitative estimate of drug-likeness (QED) is 0.480. The Labute approximate surface area is 135 Å². The molecule has 0 N–H and O–H groups in total. The standard InChI is InChI=1S/C19H18O4/c1-3-14-4-6-15(7-5-14)8-13-18(20)23-17-11-9-16(10-12-17)19(21)22-2/h4-13H,3H2,1-2H3/b13-8+. The van der Waals surface area contributed by atoms with Crippen molar-refractivity contribution >= 4 is 18.0 Å². The van der Waals surface area contributed by atoms with E-state index < -0.39 is 11.9 Å². The van der Waals surface area contributed by atoms with E-state index in [-0.39, 0.29) is 0 Å². The molecule has 4 nitrogen and oxygen atoms in total. The first-order valence-corrected chi connectivity index (χ1v) is 7.29. The first-order valence-electron chi connectivity index (χ1n) is 7.29. The van der Waals surface area contributed by atoms with Crippen LogP contribution in [0.3, 0.4) is 0 Å². The summed E-state index contributed by atoms with van der Waals surface area (Å²) in [5.41, 5.74) is 2.58. The summed E-state index contributed by atoms with van der Waals surface area (Å²) in [7, 11) is 1.31. The van der Waals surface area contributed by atoms with Crippen LogP contribution >= 0.6 is 0 Å². The molecule has 0 aromatic heterocycles. The Balaban J connectivity index is 1.95. The number of rotatable bonds is 5. The molecule has 0 heterocycles. The normalized spacial score (nSPS) is 10.5. The van der Waals surface area contributed by atoms with Crippen LogP contribution in [0.15, 0.2) is 54.6 Å². The molecular weight excluding hydrogens is 292 g/mol. The van der Waals surface area contributed by atoms with Gasteiger partial charge in [0.15, 0.2) is 0 Å². The van der Waals surface area contributed by atoms with Crippen LogP contribution in [0.5, 0.6) is 5.75 Å². The van der Waals surface area contributed by atoms with Gasteiger partial charge in [0.25, 0.3) is 0 Å². The number of benzene rings is 2. The number of aryl methyl sites for hydroxylation is 1. The van der Waals surface area contributed by atoms with Crippen molar-refractivity contribution < 1.29 is 19.1 Å². The van der Waals surface area contributed by atoms with Crippen LogP contribution in [-0.4, -0.2) is 19.0 Å². The second kappa shape index (κ2) is 7.94. The fourth-order valence-corrected chi connectivity index (χ4v) is 1.96. The molecule has 0 bridgehead atoms. The monoisotopic (exact) mass is 310 g/mol. The Hall–Kier alpha value is -2.88. The smallest absolute Gasteiger partial charge is 0.337 e. The lowest BCUT2D eigenvalue weighted by Gasteiger charge is -2.03. The van der Waals surface area contributed by atoms with Gasteiger partial charge in [0.2, 0.25) is 0 Å². The summed E-state index contributed by atoms with van der Waals surface area (Å²) in [6.07, 6.45) is 4.05. The van der Waals surface area contributed by atoms with Crippen LogP contribution in [0.2, 0.25) is 0 Å². The SMILES string of the molecule is CCc1ccc(/C=C/C(=O)Oc2ccc(C(=O)OC)cc2)cc1. The molecule has 0 spiro atoms. The van der Waals surface area contributed by atoms with E-state index >= 15 is 0 Å². The van der Waals surface area contributed by atoms with Crippen LogP contribution in [0.25, 0.3) is 6.08 Å². The van der Waals surface area contributed by atoms with Crippen molar-refractivity contribution in [1.82, 2.24) is 0 Å². The van der Waals surface area contributed by atoms with Gasteiger partial charge in [-0.1, -0.05) is 31.2 Å². The third-order valence-corrected chi connectivity index (χ3v) is 3.29. The highest BCUT2D eigenvalue weighted by molar-refractivity contribution is 5.90. The van der Waals surface area contributed by atoms with E-state index in [4.69, 9.17) is 4.74 Å². The van der Waals surface area contributed by atoms with Gasteiger partial charge in [-0.2, -0.15) is 0 Å². The van der Waals surface area contributed by atoms with E-state index in [0.29, 0.717) is 11.3 Å². The third-order valence-electron chi connectivity index (χ3n) is 3.29. The van der Waals surface area contributed by atoms with E-state index in [2.05, 4.69) is 11.7 Å². The summed E-state index contributed by atoms with van der Waals surface area (Å²) in [6.45, 7) is 2.09. The Morgan fingerprint density at radius 3 is 2.22 bits per heavy atom. The van der Waals surface area contributed by atoms with Gasteiger partial charge in [0.1, 0.15) is 5.75 Å². The Morgan fingerprint density at radius 1 is 1.00 bits per heavy atom. The highest BCUT2D eigenvalue weighted by Gasteiger charge is 2.06. The molecule has 0 fully saturated rings. The van der Waals surface area contributed by atoms with E-state index in [1.807, 2.05) is 24.3 Å². The van der Waals surface area contributed by atoms with E-state index in [9.17, 15) is 9.59 Å². The molecule has 0 saturated heterocycles. The molecule has 0 radical (unpaired) electrons. The first-order chi connectivity index (χ1) is 11.1. The number of hydrogen-bond acceptors (Lipinski definition) is 4. The Kier molecular flexibility index (Phi) is 5.69. The van der Waals surface area contributed by atoms with Crippen LogP contribution in [0.4, 0.5) is 0 Å². The molecule has 4 heteroatoms. The average Bonchev–Trinajstić information content (AvgIpc) is 2.60. The summed E-state index contributed by atoms with van der Waals surface area (Å²) in [5.74, 6) is -0.540. The minimum absolute atomic E-state index is 0.369. The minimum atomic E-state index is -0.476. The van der Waals surface area contributed by atoms with Gasteiger partial charge >= 0.3 is 11.9 Å². The lowest BCUT2D eigenvalue weighted by Crippen LogP contribution is -2.05. The van der Waals surface area contributed by atoms with Crippen LogP contribution in [0, 0.1) is 0 Å². The fourth-order valence-electron chi connectivity index (χ4n) is 1.96. The molecule has 0 saturated carbocycles. The molecule has 2 aromatic rings. The van der Waals surface area contributed by atoms with Gasteiger partial charge in [-0.3, -0.25) is 0 Å². The predicted octanol–water partition coefficient (Wildman–Crippen LogP) is 3.65. The number of ether oxygens (including phenoxy) is 2. The zero-order chi connectivity index (χ0) is 16.7. The number of esters is 2. The van der Waals surface area contributed by atoms with Crippen molar-refractivity contribution in [2.75, 3.05) is 7.11 Å². The number of hydrogen-bond donors (Lipinski definition) is 0. The summed E-state index contributed by atoms with van der Waals surface area (Å²) in [4.78, 5) is 23.1. The molecule has 2 aromatic carbocycles. The maximum Gasteiger partial charge on any atom is 0.337 e. The van der Waals surface area contributed by atoms with Crippen molar-refractivity contribution in [3.63, 3.8) is 0 Å². The molecule has 0 aliphatic heterocycles.